The number of aliphatic imine (C=N–C) groups is 1. The van der Waals surface area contributed by atoms with Gasteiger partial charge in [0, 0.05) is 58.1 Å². The third kappa shape index (κ3) is 10.6. The van der Waals surface area contributed by atoms with Crippen molar-refractivity contribution in [3.8, 4) is 0 Å². The zero-order valence-corrected chi connectivity index (χ0v) is 22.8. The molecule has 33 heavy (non-hydrogen) atoms. The number of hydrogen-bond donors (Lipinski definition) is 2. The highest BCUT2D eigenvalue weighted by Crippen LogP contribution is 2.13. The van der Waals surface area contributed by atoms with Crippen LogP contribution in [0.15, 0.2) is 29.5 Å². The lowest BCUT2D eigenvalue weighted by molar-refractivity contribution is -0.129. The zero-order chi connectivity index (χ0) is 23.6. The number of halogens is 1. The van der Waals surface area contributed by atoms with Gasteiger partial charge in [-0.1, -0.05) is 13.0 Å². The number of hydrogen-bond acceptors (Lipinski definition) is 5. The number of carbonyl (C=O) groups excluding carboxylic acids is 2. The molecule has 0 saturated carbocycles. The molecule has 0 bridgehead atoms. The molecule has 0 radical (unpaired) electrons. The summed E-state index contributed by atoms with van der Waals surface area (Å²) < 4.78 is 5.58. The van der Waals surface area contributed by atoms with Crippen molar-refractivity contribution in [2.45, 2.75) is 65.1 Å². The summed E-state index contributed by atoms with van der Waals surface area (Å²) in [6.07, 6.45) is 5.30. The number of guanidine groups is 1. The lowest BCUT2D eigenvalue weighted by Gasteiger charge is -2.27. The van der Waals surface area contributed by atoms with Crippen LogP contribution in [0.2, 0.25) is 0 Å². The Morgan fingerprint density at radius 1 is 1.36 bits per heavy atom. The van der Waals surface area contributed by atoms with Gasteiger partial charge in [0.05, 0.1) is 6.54 Å². The number of pyridine rings is 1. The van der Waals surface area contributed by atoms with E-state index in [1.165, 1.54) is 0 Å². The molecule has 0 spiro atoms. The quantitative estimate of drug-likeness (QED) is 0.215. The predicted molar refractivity (Wildman–Crippen MR) is 141 cm³/mol. The molecule has 1 fully saturated rings. The summed E-state index contributed by atoms with van der Waals surface area (Å²) in [6.45, 7) is 10.6. The van der Waals surface area contributed by atoms with Gasteiger partial charge in [-0.2, -0.15) is 0 Å². The van der Waals surface area contributed by atoms with Crippen LogP contribution in [0, 0.1) is 0 Å². The Balaban J connectivity index is 0.00000544. The lowest BCUT2D eigenvalue weighted by Crippen LogP contribution is -2.45. The van der Waals surface area contributed by atoms with E-state index < -0.39 is 5.60 Å². The second-order valence-electron chi connectivity index (χ2n) is 8.94. The Kier molecular flexibility index (Phi) is 12.5. The molecule has 2 heterocycles. The summed E-state index contributed by atoms with van der Waals surface area (Å²) in [6, 6.07) is 4.00. The molecule has 0 aromatic carbocycles. The van der Waals surface area contributed by atoms with Crippen LogP contribution in [0.3, 0.4) is 0 Å². The Bertz CT molecular complexity index is 769. The second-order valence-corrected chi connectivity index (χ2v) is 8.94. The zero-order valence-electron chi connectivity index (χ0n) is 20.5. The van der Waals surface area contributed by atoms with Crippen LogP contribution in [0.1, 0.15) is 52.5 Å². The summed E-state index contributed by atoms with van der Waals surface area (Å²) >= 11 is 0. The van der Waals surface area contributed by atoms with Gasteiger partial charge >= 0.3 is 6.09 Å². The van der Waals surface area contributed by atoms with Crippen molar-refractivity contribution in [2.75, 3.05) is 33.2 Å². The van der Waals surface area contributed by atoms with Gasteiger partial charge in [0.2, 0.25) is 5.91 Å². The van der Waals surface area contributed by atoms with Gasteiger partial charge < -0.3 is 25.2 Å². The molecule has 186 valence electrons. The van der Waals surface area contributed by atoms with Crippen LogP contribution in [0.5, 0.6) is 0 Å². The van der Waals surface area contributed by atoms with Crippen molar-refractivity contribution in [1.29, 1.82) is 0 Å². The highest BCUT2D eigenvalue weighted by molar-refractivity contribution is 14.0. The molecular formula is C23H39IN6O3. The number of rotatable bonds is 8. The first-order valence-electron chi connectivity index (χ1n) is 11.3. The van der Waals surface area contributed by atoms with E-state index >= 15 is 0 Å². The van der Waals surface area contributed by atoms with Crippen molar-refractivity contribution in [3.05, 3.63) is 30.1 Å². The second kappa shape index (κ2) is 14.2. The molecule has 1 saturated heterocycles. The van der Waals surface area contributed by atoms with Gasteiger partial charge in [-0.3, -0.25) is 14.8 Å². The normalized spacial score (nSPS) is 16.1. The number of likely N-dealkylation sites (tertiary alicyclic amines) is 1. The van der Waals surface area contributed by atoms with E-state index in [1.807, 2.05) is 44.7 Å². The maximum Gasteiger partial charge on any atom is 0.410 e. The monoisotopic (exact) mass is 574 g/mol. The molecule has 1 aromatic rings. The van der Waals surface area contributed by atoms with Gasteiger partial charge in [-0.25, -0.2) is 4.79 Å². The van der Waals surface area contributed by atoms with Gasteiger partial charge in [-0.15, -0.1) is 24.0 Å². The number of ether oxygens (including phenoxy) is 1. The first-order chi connectivity index (χ1) is 15.2. The van der Waals surface area contributed by atoms with Gasteiger partial charge in [0.1, 0.15) is 5.60 Å². The van der Waals surface area contributed by atoms with Gasteiger partial charge in [-0.05, 0) is 45.2 Å². The maximum absolute atomic E-state index is 12.7. The van der Waals surface area contributed by atoms with Crippen LogP contribution in [-0.4, -0.2) is 77.6 Å². The van der Waals surface area contributed by atoms with Crippen LogP contribution < -0.4 is 10.6 Å². The average molecular weight is 575 g/mol. The summed E-state index contributed by atoms with van der Waals surface area (Å²) in [5.41, 5.74) is 0.402. The fourth-order valence-electron chi connectivity index (χ4n) is 3.47. The van der Waals surface area contributed by atoms with Crippen LogP contribution in [0.25, 0.3) is 0 Å². The number of amides is 2. The van der Waals surface area contributed by atoms with E-state index in [2.05, 4.69) is 20.6 Å². The molecule has 1 aliphatic rings. The molecule has 9 nitrogen and oxygen atoms in total. The van der Waals surface area contributed by atoms with Crippen LogP contribution >= 0.6 is 24.0 Å². The molecular weight excluding hydrogens is 535 g/mol. The number of aromatic nitrogens is 1. The minimum Gasteiger partial charge on any atom is -0.444 e. The van der Waals surface area contributed by atoms with E-state index in [9.17, 15) is 9.59 Å². The summed E-state index contributed by atoms with van der Waals surface area (Å²) in [4.78, 5) is 36.6. The minimum atomic E-state index is -0.553. The smallest absolute Gasteiger partial charge is 0.410 e. The molecule has 1 aliphatic heterocycles. The van der Waals surface area contributed by atoms with E-state index in [-0.39, 0.29) is 42.0 Å². The topological polar surface area (TPSA) is 99.2 Å². The van der Waals surface area contributed by atoms with Gasteiger partial charge in [0.15, 0.2) is 5.96 Å². The fourth-order valence-corrected chi connectivity index (χ4v) is 3.47. The molecule has 2 rings (SSSR count). The van der Waals surface area contributed by atoms with E-state index in [0.717, 1.165) is 24.9 Å². The summed E-state index contributed by atoms with van der Waals surface area (Å²) in [5.74, 6) is 0.893. The molecule has 1 unspecified atom stereocenters. The van der Waals surface area contributed by atoms with Crippen LogP contribution in [-0.2, 0) is 16.1 Å². The van der Waals surface area contributed by atoms with Crippen LogP contribution in [0.4, 0.5) is 4.79 Å². The third-order valence-electron chi connectivity index (χ3n) is 5.05. The Morgan fingerprint density at radius 3 is 2.73 bits per heavy atom. The van der Waals surface area contributed by atoms with E-state index in [1.54, 1.807) is 24.3 Å². The third-order valence-corrected chi connectivity index (χ3v) is 5.05. The van der Waals surface area contributed by atoms with Crippen molar-refractivity contribution >= 4 is 41.9 Å². The maximum atomic E-state index is 12.7. The van der Waals surface area contributed by atoms with Crippen molar-refractivity contribution in [1.82, 2.24) is 25.4 Å². The Labute approximate surface area is 214 Å². The number of nitrogens with one attached hydrogen (secondary N) is 2. The summed E-state index contributed by atoms with van der Waals surface area (Å²) in [5, 5.41) is 6.69. The Hall–Kier alpha value is -2.11. The largest absolute Gasteiger partial charge is 0.444 e. The molecule has 0 aliphatic carbocycles. The van der Waals surface area contributed by atoms with Crippen molar-refractivity contribution < 1.29 is 14.3 Å². The highest BCUT2D eigenvalue weighted by Gasteiger charge is 2.26. The average Bonchev–Trinajstić information content (AvgIpc) is 3.22. The molecule has 2 amide bonds. The van der Waals surface area contributed by atoms with Gasteiger partial charge in [0.25, 0.3) is 0 Å². The van der Waals surface area contributed by atoms with Crippen molar-refractivity contribution in [3.63, 3.8) is 0 Å². The first-order valence-corrected chi connectivity index (χ1v) is 11.3. The molecule has 10 heteroatoms. The summed E-state index contributed by atoms with van der Waals surface area (Å²) in [7, 11) is 1.73. The fraction of sp³-hybridized carbons (Fsp3) is 0.652. The minimum absolute atomic E-state index is 0. The standard InChI is InChI=1S/C23H38N6O3.HI/c1-6-20(30)28-14-10-19(17-28)27-21(24-5)26-12-8-13-29(22(31)32-23(2,3)4)16-18-9-7-11-25-15-18;/h7,9,11,15,19H,6,8,10,12-14,16-17H2,1-5H3,(H2,24,26,27);1H. The number of nitrogens with zero attached hydrogens (tertiary/aromatic N) is 4. The lowest BCUT2D eigenvalue weighted by atomic mass is 10.2. The molecule has 2 N–H and O–H groups in total. The molecule has 1 atom stereocenters. The SMILES string of the molecule is CCC(=O)N1CCC(NC(=NC)NCCCN(Cc2cccnc2)C(=O)OC(C)(C)C)C1.I. The predicted octanol–water partition coefficient (Wildman–Crippen LogP) is 3.00. The highest BCUT2D eigenvalue weighted by atomic mass is 127. The van der Waals surface area contributed by atoms with E-state index in [0.29, 0.717) is 38.6 Å². The Morgan fingerprint density at radius 2 is 2.12 bits per heavy atom. The van der Waals surface area contributed by atoms with Crippen molar-refractivity contribution in [2.24, 2.45) is 4.99 Å². The first kappa shape index (κ1) is 28.9. The number of carbonyl (C=O) groups is 2. The molecule has 1 aromatic heterocycles. The van der Waals surface area contributed by atoms with E-state index in [4.69, 9.17) is 4.74 Å².